The van der Waals surface area contributed by atoms with Crippen molar-refractivity contribution in [2.75, 3.05) is 43.0 Å². The minimum absolute atomic E-state index is 0.0417. The normalized spacial score (nSPS) is 13.6. The molecule has 0 aliphatic carbocycles. The molecule has 0 radical (unpaired) electrons. The molecule has 0 atom stereocenters. The van der Waals surface area contributed by atoms with Gasteiger partial charge in [0.15, 0.2) is 6.61 Å². The van der Waals surface area contributed by atoms with Gasteiger partial charge in [0.05, 0.1) is 0 Å². The van der Waals surface area contributed by atoms with Crippen LogP contribution in [-0.4, -0.2) is 49.5 Å². The fourth-order valence-corrected chi connectivity index (χ4v) is 4.28. The molecule has 0 saturated carbocycles. The third-order valence-corrected chi connectivity index (χ3v) is 6.61. The first-order chi connectivity index (χ1) is 17.4. The lowest BCUT2D eigenvalue weighted by atomic mass is 10.0. The molecule has 0 spiro atoms. The van der Waals surface area contributed by atoms with E-state index in [1.807, 2.05) is 77.7 Å². The maximum atomic E-state index is 12.8. The van der Waals surface area contributed by atoms with Gasteiger partial charge in [-0.1, -0.05) is 45.0 Å². The van der Waals surface area contributed by atoms with Crippen molar-refractivity contribution in [2.24, 2.45) is 0 Å². The van der Waals surface area contributed by atoms with Crippen LogP contribution < -0.4 is 15.0 Å². The molecule has 1 fully saturated rings. The maximum absolute atomic E-state index is 12.8. The lowest BCUT2D eigenvalue weighted by Crippen LogP contribution is -2.48. The summed E-state index contributed by atoms with van der Waals surface area (Å²) < 4.78 is 5.61. The van der Waals surface area contributed by atoms with Gasteiger partial charge in [-0.25, -0.2) is 0 Å². The summed E-state index contributed by atoms with van der Waals surface area (Å²) in [4.78, 5) is 29.3. The van der Waals surface area contributed by atoms with E-state index in [0.717, 1.165) is 36.4 Å². The molecular formula is C30H35N3O3. The highest BCUT2D eigenvalue weighted by molar-refractivity contribution is 5.94. The van der Waals surface area contributed by atoms with Crippen LogP contribution in [0.4, 0.5) is 11.4 Å². The van der Waals surface area contributed by atoms with Gasteiger partial charge in [-0.15, -0.1) is 0 Å². The highest BCUT2D eigenvalue weighted by Gasteiger charge is 2.22. The lowest BCUT2D eigenvalue weighted by Gasteiger charge is -2.36. The van der Waals surface area contributed by atoms with Crippen LogP contribution in [0.5, 0.6) is 5.75 Å². The van der Waals surface area contributed by atoms with Crippen LogP contribution in [0.3, 0.4) is 0 Å². The highest BCUT2D eigenvalue weighted by atomic mass is 16.5. The third-order valence-electron chi connectivity index (χ3n) is 6.61. The molecule has 188 valence electrons. The predicted octanol–water partition coefficient (Wildman–Crippen LogP) is 5.35. The van der Waals surface area contributed by atoms with E-state index < -0.39 is 0 Å². The molecule has 1 aliphatic heterocycles. The number of amides is 2. The van der Waals surface area contributed by atoms with Gasteiger partial charge >= 0.3 is 0 Å². The number of anilines is 2. The zero-order valence-corrected chi connectivity index (χ0v) is 21.4. The molecule has 3 aromatic rings. The smallest absolute Gasteiger partial charge is 0.262 e. The van der Waals surface area contributed by atoms with Crippen LogP contribution in [0.25, 0.3) is 0 Å². The zero-order valence-electron chi connectivity index (χ0n) is 21.4. The van der Waals surface area contributed by atoms with E-state index in [9.17, 15) is 9.59 Å². The highest BCUT2D eigenvalue weighted by Crippen LogP contribution is 2.21. The number of nitrogens with zero attached hydrogens (tertiary/aromatic N) is 2. The van der Waals surface area contributed by atoms with Crippen LogP contribution >= 0.6 is 0 Å². The molecule has 1 heterocycles. The van der Waals surface area contributed by atoms with E-state index in [0.29, 0.717) is 24.8 Å². The van der Waals surface area contributed by atoms with Crippen molar-refractivity contribution in [1.82, 2.24) is 4.90 Å². The predicted molar refractivity (Wildman–Crippen MR) is 145 cm³/mol. The number of hydrogen-bond acceptors (Lipinski definition) is 4. The molecule has 2 amide bonds. The number of hydrogen-bond donors (Lipinski definition) is 1. The molecular weight excluding hydrogens is 450 g/mol. The summed E-state index contributed by atoms with van der Waals surface area (Å²) in [5, 5.41) is 2.88. The van der Waals surface area contributed by atoms with Gasteiger partial charge in [0.25, 0.3) is 11.8 Å². The number of carbonyl (C=O) groups excluding carboxylic acids is 2. The van der Waals surface area contributed by atoms with Gasteiger partial charge < -0.3 is 19.9 Å². The second-order valence-corrected chi connectivity index (χ2v) is 9.44. The largest absolute Gasteiger partial charge is 0.484 e. The maximum Gasteiger partial charge on any atom is 0.262 e. The molecule has 1 N–H and O–H groups in total. The van der Waals surface area contributed by atoms with Crippen molar-refractivity contribution >= 4 is 23.2 Å². The van der Waals surface area contributed by atoms with Crippen molar-refractivity contribution in [1.29, 1.82) is 0 Å². The van der Waals surface area contributed by atoms with Crippen molar-refractivity contribution < 1.29 is 14.3 Å². The van der Waals surface area contributed by atoms with E-state index in [-0.39, 0.29) is 18.4 Å². The first-order valence-electron chi connectivity index (χ1n) is 12.7. The van der Waals surface area contributed by atoms with Crippen LogP contribution in [0.15, 0.2) is 72.8 Å². The Hall–Kier alpha value is -3.80. The minimum atomic E-state index is -0.199. The van der Waals surface area contributed by atoms with E-state index in [2.05, 4.69) is 31.0 Å². The Balaban J connectivity index is 1.23. The summed E-state index contributed by atoms with van der Waals surface area (Å²) in [5.41, 5.74) is 5.03. The molecule has 6 heteroatoms. The molecule has 3 aromatic carbocycles. The number of aryl methyl sites for hydroxylation is 1. The van der Waals surface area contributed by atoms with E-state index in [1.54, 1.807) is 0 Å². The SMILES string of the molecule is CCc1ccc(C(=O)N2CCN(c3ccc(NC(=O)COc4ccc(C(C)C)cc4)cc3)CC2)cc1. The standard InChI is InChI=1S/C30H35N3O3/c1-4-23-5-7-25(8-6-23)30(35)33-19-17-32(18-20-33)27-13-11-26(12-14-27)31-29(34)21-36-28-15-9-24(10-16-28)22(2)3/h5-16,22H,4,17-21H2,1-3H3,(H,31,34). The van der Waals surface area contributed by atoms with Crippen LogP contribution in [0.2, 0.25) is 0 Å². The van der Waals surface area contributed by atoms with Gasteiger partial charge in [-0.3, -0.25) is 9.59 Å². The van der Waals surface area contributed by atoms with Gasteiger partial charge in [0.2, 0.25) is 0 Å². The molecule has 0 aromatic heterocycles. The summed E-state index contributed by atoms with van der Waals surface area (Å²) >= 11 is 0. The summed E-state index contributed by atoms with van der Waals surface area (Å²) in [5.74, 6) is 1.03. The second kappa shape index (κ2) is 11.8. The number of benzene rings is 3. The van der Waals surface area contributed by atoms with Gasteiger partial charge in [0.1, 0.15) is 5.75 Å². The zero-order chi connectivity index (χ0) is 25.5. The lowest BCUT2D eigenvalue weighted by molar-refractivity contribution is -0.118. The molecule has 1 saturated heterocycles. The Morgan fingerprint density at radius 1 is 0.861 bits per heavy atom. The molecule has 36 heavy (non-hydrogen) atoms. The minimum Gasteiger partial charge on any atom is -0.484 e. The van der Waals surface area contributed by atoms with Gasteiger partial charge in [-0.05, 0) is 72.0 Å². The van der Waals surface area contributed by atoms with Gasteiger partial charge in [-0.2, -0.15) is 0 Å². The van der Waals surface area contributed by atoms with Crippen molar-refractivity contribution in [3.63, 3.8) is 0 Å². The molecule has 4 rings (SSSR count). The fourth-order valence-electron chi connectivity index (χ4n) is 4.28. The van der Waals surface area contributed by atoms with Crippen LogP contribution in [-0.2, 0) is 11.2 Å². The van der Waals surface area contributed by atoms with E-state index >= 15 is 0 Å². The average molecular weight is 486 g/mol. The number of rotatable bonds is 8. The number of nitrogens with one attached hydrogen (secondary N) is 1. The Labute approximate surface area is 213 Å². The third kappa shape index (κ3) is 6.45. The van der Waals surface area contributed by atoms with Crippen LogP contribution in [0.1, 0.15) is 48.2 Å². The van der Waals surface area contributed by atoms with E-state index in [4.69, 9.17) is 4.74 Å². The Bertz CT molecular complexity index is 1150. The van der Waals surface area contributed by atoms with Crippen molar-refractivity contribution in [2.45, 2.75) is 33.1 Å². The Morgan fingerprint density at radius 3 is 2.08 bits per heavy atom. The monoisotopic (exact) mass is 485 g/mol. The number of piperazine rings is 1. The molecule has 1 aliphatic rings. The first kappa shape index (κ1) is 25.3. The summed E-state index contributed by atoms with van der Waals surface area (Å²) in [6.07, 6.45) is 0.969. The summed E-state index contributed by atoms with van der Waals surface area (Å²) in [6, 6.07) is 23.5. The molecule has 0 unspecified atom stereocenters. The number of carbonyl (C=O) groups is 2. The van der Waals surface area contributed by atoms with Gasteiger partial charge in [0, 0.05) is 43.1 Å². The number of ether oxygens (including phenoxy) is 1. The van der Waals surface area contributed by atoms with Crippen molar-refractivity contribution in [3.05, 3.63) is 89.5 Å². The van der Waals surface area contributed by atoms with Crippen molar-refractivity contribution in [3.8, 4) is 5.75 Å². The fraction of sp³-hybridized carbons (Fsp3) is 0.333. The van der Waals surface area contributed by atoms with Crippen LogP contribution in [0, 0.1) is 0 Å². The summed E-state index contributed by atoms with van der Waals surface area (Å²) in [6.45, 7) is 9.26. The Morgan fingerprint density at radius 2 is 1.50 bits per heavy atom. The second-order valence-electron chi connectivity index (χ2n) is 9.44. The topological polar surface area (TPSA) is 61.9 Å². The molecule has 0 bridgehead atoms. The quantitative estimate of drug-likeness (QED) is 0.467. The summed E-state index contributed by atoms with van der Waals surface area (Å²) in [7, 11) is 0. The first-order valence-corrected chi connectivity index (χ1v) is 12.7. The van der Waals surface area contributed by atoms with E-state index in [1.165, 1.54) is 11.1 Å². The average Bonchev–Trinajstić information content (AvgIpc) is 2.92. The molecule has 6 nitrogen and oxygen atoms in total. The Kier molecular flexibility index (Phi) is 8.26.